The van der Waals surface area contributed by atoms with Crippen molar-refractivity contribution in [1.29, 1.82) is 0 Å². The number of hydrogen-bond donors (Lipinski definition) is 1. The molecular formula is C15H25N. The van der Waals surface area contributed by atoms with Crippen LogP contribution in [0.1, 0.15) is 37.0 Å². The van der Waals surface area contributed by atoms with E-state index >= 15 is 0 Å². The van der Waals surface area contributed by atoms with Crippen molar-refractivity contribution in [3.8, 4) is 0 Å². The van der Waals surface area contributed by atoms with Gasteiger partial charge in [-0.25, -0.2) is 0 Å². The van der Waals surface area contributed by atoms with Gasteiger partial charge in [-0.3, -0.25) is 0 Å². The van der Waals surface area contributed by atoms with Gasteiger partial charge in [0.1, 0.15) is 0 Å². The van der Waals surface area contributed by atoms with Gasteiger partial charge in [-0.1, -0.05) is 32.0 Å². The predicted octanol–water partition coefficient (Wildman–Crippen LogP) is 3.48. The van der Waals surface area contributed by atoms with Crippen molar-refractivity contribution in [2.75, 3.05) is 13.1 Å². The molecule has 0 heterocycles. The van der Waals surface area contributed by atoms with Gasteiger partial charge in [0.15, 0.2) is 0 Å². The van der Waals surface area contributed by atoms with Crippen LogP contribution in [-0.2, 0) is 6.42 Å². The molecule has 1 rings (SSSR count). The number of benzene rings is 1. The lowest BCUT2D eigenvalue weighted by Crippen LogP contribution is -2.17. The van der Waals surface area contributed by atoms with E-state index in [1.165, 1.54) is 29.5 Å². The summed E-state index contributed by atoms with van der Waals surface area (Å²) < 4.78 is 0. The van der Waals surface area contributed by atoms with Gasteiger partial charge in [-0.2, -0.15) is 0 Å². The highest BCUT2D eigenvalue weighted by atomic mass is 14.8. The summed E-state index contributed by atoms with van der Waals surface area (Å²) in [6.45, 7) is 11.1. The molecule has 0 saturated carbocycles. The summed E-state index contributed by atoms with van der Waals surface area (Å²) in [6.07, 6.45) is 2.47. The van der Waals surface area contributed by atoms with Crippen LogP contribution in [0, 0.1) is 19.8 Å². The zero-order chi connectivity index (χ0) is 12.0. The number of nitrogens with one attached hydrogen (secondary N) is 1. The summed E-state index contributed by atoms with van der Waals surface area (Å²) >= 11 is 0. The second-order valence-corrected chi connectivity index (χ2v) is 4.87. The van der Waals surface area contributed by atoms with Gasteiger partial charge in [-0.15, -0.1) is 0 Å². The van der Waals surface area contributed by atoms with Crippen LogP contribution in [0.2, 0.25) is 0 Å². The normalized spacial score (nSPS) is 12.8. The van der Waals surface area contributed by atoms with Gasteiger partial charge in [0.25, 0.3) is 0 Å². The molecule has 0 fully saturated rings. The molecular weight excluding hydrogens is 194 g/mol. The van der Waals surface area contributed by atoms with E-state index < -0.39 is 0 Å². The smallest absolute Gasteiger partial charge is 0.00464 e. The molecule has 0 bridgehead atoms. The Morgan fingerprint density at radius 2 is 1.94 bits per heavy atom. The van der Waals surface area contributed by atoms with Crippen molar-refractivity contribution >= 4 is 0 Å². The minimum absolute atomic E-state index is 0.765. The molecule has 0 saturated heterocycles. The Bertz CT molecular complexity index is 317. The molecule has 0 amide bonds. The molecule has 90 valence electrons. The summed E-state index contributed by atoms with van der Waals surface area (Å²) in [5.74, 6) is 0.765. The molecule has 0 radical (unpaired) electrons. The molecule has 1 aromatic rings. The minimum Gasteiger partial charge on any atom is -0.317 e. The van der Waals surface area contributed by atoms with Crippen LogP contribution in [0.15, 0.2) is 18.2 Å². The maximum atomic E-state index is 3.39. The third-order valence-electron chi connectivity index (χ3n) is 3.22. The standard InChI is InChI=1S/C15H25N/c1-5-16-9-8-12(2)10-15-7-6-13(3)14(4)11-15/h6-7,11-12,16H,5,8-10H2,1-4H3. The lowest BCUT2D eigenvalue weighted by atomic mass is 9.96. The molecule has 0 aliphatic heterocycles. The molecule has 1 heteroatoms. The van der Waals surface area contributed by atoms with Crippen LogP contribution in [0.3, 0.4) is 0 Å². The van der Waals surface area contributed by atoms with E-state index in [2.05, 4.69) is 51.2 Å². The Morgan fingerprint density at radius 3 is 2.56 bits per heavy atom. The quantitative estimate of drug-likeness (QED) is 0.722. The molecule has 1 atom stereocenters. The Morgan fingerprint density at radius 1 is 1.19 bits per heavy atom. The number of hydrogen-bond acceptors (Lipinski definition) is 1. The van der Waals surface area contributed by atoms with E-state index in [1.807, 2.05) is 0 Å². The van der Waals surface area contributed by atoms with Gasteiger partial charge in [0.05, 0.1) is 0 Å². The third-order valence-corrected chi connectivity index (χ3v) is 3.22. The van der Waals surface area contributed by atoms with Crippen molar-refractivity contribution in [1.82, 2.24) is 5.32 Å². The third kappa shape index (κ3) is 4.36. The van der Waals surface area contributed by atoms with Crippen LogP contribution >= 0.6 is 0 Å². The van der Waals surface area contributed by atoms with Gasteiger partial charge in [0.2, 0.25) is 0 Å². The van der Waals surface area contributed by atoms with Crippen LogP contribution < -0.4 is 5.32 Å². The highest BCUT2D eigenvalue weighted by molar-refractivity contribution is 5.30. The average molecular weight is 219 g/mol. The zero-order valence-corrected chi connectivity index (χ0v) is 11.1. The maximum absolute atomic E-state index is 3.39. The average Bonchev–Trinajstić information content (AvgIpc) is 2.24. The molecule has 1 nitrogen and oxygen atoms in total. The van der Waals surface area contributed by atoms with E-state index in [0.29, 0.717) is 0 Å². The Balaban J connectivity index is 2.43. The number of rotatable bonds is 6. The molecule has 0 aliphatic rings. The van der Waals surface area contributed by atoms with Crippen LogP contribution in [0.25, 0.3) is 0 Å². The van der Waals surface area contributed by atoms with Crippen molar-refractivity contribution in [2.45, 2.75) is 40.5 Å². The maximum Gasteiger partial charge on any atom is -0.00464 e. The van der Waals surface area contributed by atoms with E-state index in [0.717, 1.165) is 19.0 Å². The summed E-state index contributed by atoms with van der Waals surface area (Å²) in [4.78, 5) is 0. The fraction of sp³-hybridized carbons (Fsp3) is 0.600. The monoisotopic (exact) mass is 219 g/mol. The number of aryl methyl sites for hydroxylation is 2. The van der Waals surface area contributed by atoms with Crippen LogP contribution in [0.4, 0.5) is 0 Å². The molecule has 0 spiro atoms. The SMILES string of the molecule is CCNCCC(C)Cc1ccc(C)c(C)c1. The summed E-state index contributed by atoms with van der Waals surface area (Å²) in [5, 5.41) is 3.39. The first-order valence-electron chi connectivity index (χ1n) is 6.40. The summed E-state index contributed by atoms with van der Waals surface area (Å²) in [6, 6.07) is 6.84. The lowest BCUT2D eigenvalue weighted by molar-refractivity contribution is 0.504. The van der Waals surface area contributed by atoms with Crippen molar-refractivity contribution < 1.29 is 0 Å². The Kier molecular flexibility index (Phi) is 5.54. The summed E-state index contributed by atoms with van der Waals surface area (Å²) in [7, 11) is 0. The fourth-order valence-electron chi connectivity index (χ4n) is 1.96. The predicted molar refractivity (Wildman–Crippen MR) is 71.9 cm³/mol. The van der Waals surface area contributed by atoms with Crippen molar-refractivity contribution in [3.05, 3.63) is 34.9 Å². The van der Waals surface area contributed by atoms with Crippen molar-refractivity contribution in [2.24, 2.45) is 5.92 Å². The van der Waals surface area contributed by atoms with Gasteiger partial charge in [0, 0.05) is 0 Å². The Hall–Kier alpha value is -0.820. The lowest BCUT2D eigenvalue weighted by Gasteiger charge is -2.12. The fourth-order valence-corrected chi connectivity index (χ4v) is 1.96. The first kappa shape index (κ1) is 13.2. The Labute approximate surface area is 100 Å². The van der Waals surface area contributed by atoms with Gasteiger partial charge in [-0.05, 0) is 62.4 Å². The van der Waals surface area contributed by atoms with Crippen LogP contribution in [-0.4, -0.2) is 13.1 Å². The molecule has 1 N–H and O–H groups in total. The van der Waals surface area contributed by atoms with E-state index in [4.69, 9.17) is 0 Å². The molecule has 1 unspecified atom stereocenters. The molecule has 1 aromatic carbocycles. The first-order valence-corrected chi connectivity index (χ1v) is 6.40. The topological polar surface area (TPSA) is 12.0 Å². The summed E-state index contributed by atoms with van der Waals surface area (Å²) in [5.41, 5.74) is 4.28. The highest BCUT2D eigenvalue weighted by Gasteiger charge is 2.04. The zero-order valence-electron chi connectivity index (χ0n) is 11.1. The van der Waals surface area contributed by atoms with Crippen molar-refractivity contribution in [3.63, 3.8) is 0 Å². The van der Waals surface area contributed by atoms with Gasteiger partial charge >= 0.3 is 0 Å². The second-order valence-electron chi connectivity index (χ2n) is 4.87. The van der Waals surface area contributed by atoms with Crippen LogP contribution in [0.5, 0.6) is 0 Å². The molecule has 16 heavy (non-hydrogen) atoms. The van der Waals surface area contributed by atoms with E-state index in [-0.39, 0.29) is 0 Å². The first-order chi connectivity index (χ1) is 7.63. The molecule has 0 aromatic heterocycles. The largest absolute Gasteiger partial charge is 0.317 e. The minimum atomic E-state index is 0.765. The molecule has 0 aliphatic carbocycles. The second kappa shape index (κ2) is 6.70. The van der Waals surface area contributed by atoms with E-state index in [9.17, 15) is 0 Å². The highest BCUT2D eigenvalue weighted by Crippen LogP contribution is 2.15. The van der Waals surface area contributed by atoms with Gasteiger partial charge < -0.3 is 5.32 Å². The van der Waals surface area contributed by atoms with E-state index in [1.54, 1.807) is 0 Å².